The predicted molar refractivity (Wildman–Crippen MR) is 122 cm³/mol. The van der Waals surface area contributed by atoms with Crippen LogP contribution in [0.2, 0.25) is 0 Å². The van der Waals surface area contributed by atoms with Crippen LogP contribution in [-0.2, 0) is 33.8 Å². The van der Waals surface area contributed by atoms with Gasteiger partial charge in [-0.25, -0.2) is 0 Å². The molecular formula is C27H30O5. The minimum Gasteiger partial charge on any atom is -0.394 e. The molecular weight excluding hydrogens is 404 g/mol. The molecule has 168 valence electrons. The summed E-state index contributed by atoms with van der Waals surface area (Å²) in [5.41, 5.74) is 3.07. The Morgan fingerprint density at radius 2 is 1.09 bits per heavy atom. The molecule has 5 nitrogen and oxygen atoms in total. The summed E-state index contributed by atoms with van der Waals surface area (Å²) in [5.74, 6) is 0. The summed E-state index contributed by atoms with van der Waals surface area (Å²) in [6, 6.07) is 29.5. The van der Waals surface area contributed by atoms with E-state index in [1.807, 2.05) is 91.0 Å². The Kier molecular flexibility index (Phi) is 8.04. The minimum absolute atomic E-state index is 0.220. The first-order chi connectivity index (χ1) is 15.7. The summed E-state index contributed by atoms with van der Waals surface area (Å²) in [5, 5.41) is 21.3. The highest BCUT2D eigenvalue weighted by Gasteiger charge is 2.46. The van der Waals surface area contributed by atoms with E-state index >= 15 is 0 Å². The van der Waals surface area contributed by atoms with Crippen molar-refractivity contribution in [2.24, 2.45) is 0 Å². The molecule has 0 radical (unpaired) electrons. The number of rotatable bonds is 9. The fraction of sp³-hybridized carbons (Fsp3) is 0.333. The molecule has 4 rings (SSSR count). The summed E-state index contributed by atoms with van der Waals surface area (Å²) >= 11 is 0. The number of hydrogen-bond donors (Lipinski definition) is 2. The molecule has 0 spiro atoms. The van der Waals surface area contributed by atoms with Gasteiger partial charge in [0.25, 0.3) is 0 Å². The largest absolute Gasteiger partial charge is 0.394 e. The zero-order valence-electron chi connectivity index (χ0n) is 18.0. The van der Waals surface area contributed by atoms with E-state index in [9.17, 15) is 10.2 Å². The highest BCUT2D eigenvalue weighted by atomic mass is 16.6. The summed E-state index contributed by atoms with van der Waals surface area (Å²) < 4.78 is 18.5. The van der Waals surface area contributed by atoms with Crippen molar-refractivity contribution < 1.29 is 24.4 Å². The zero-order chi connectivity index (χ0) is 22.2. The first-order valence-corrected chi connectivity index (χ1v) is 11.0. The lowest BCUT2D eigenvalue weighted by Gasteiger charge is -2.44. The van der Waals surface area contributed by atoms with Gasteiger partial charge >= 0.3 is 0 Å². The SMILES string of the molecule is OC[C@H]1O[C@@H](Cc2ccccc2)[C@H](O)[C@@H](OCc2ccccc2)[C@@H]1OCc1ccccc1. The van der Waals surface area contributed by atoms with Crippen molar-refractivity contribution in [3.8, 4) is 0 Å². The van der Waals surface area contributed by atoms with Crippen LogP contribution >= 0.6 is 0 Å². The Balaban J connectivity index is 1.52. The van der Waals surface area contributed by atoms with Gasteiger partial charge < -0.3 is 24.4 Å². The molecule has 32 heavy (non-hydrogen) atoms. The number of benzene rings is 3. The van der Waals surface area contributed by atoms with Crippen molar-refractivity contribution in [2.45, 2.75) is 50.2 Å². The minimum atomic E-state index is -0.900. The lowest BCUT2D eigenvalue weighted by Crippen LogP contribution is -2.60. The molecule has 0 aromatic heterocycles. The maximum Gasteiger partial charge on any atom is 0.115 e. The van der Waals surface area contributed by atoms with Gasteiger partial charge in [-0.3, -0.25) is 0 Å². The van der Waals surface area contributed by atoms with Crippen LogP contribution in [0, 0.1) is 0 Å². The van der Waals surface area contributed by atoms with Crippen LogP contribution < -0.4 is 0 Å². The molecule has 0 amide bonds. The van der Waals surface area contributed by atoms with E-state index in [0.29, 0.717) is 19.6 Å². The van der Waals surface area contributed by atoms with E-state index in [0.717, 1.165) is 16.7 Å². The van der Waals surface area contributed by atoms with Crippen molar-refractivity contribution in [3.05, 3.63) is 108 Å². The molecule has 1 fully saturated rings. The number of aliphatic hydroxyl groups is 2. The van der Waals surface area contributed by atoms with Gasteiger partial charge in [-0.15, -0.1) is 0 Å². The highest BCUT2D eigenvalue weighted by Crippen LogP contribution is 2.29. The van der Waals surface area contributed by atoms with E-state index < -0.39 is 30.5 Å². The van der Waals surface area contributed by atoms with Crippen molar-refractivity contribution in [1.82, 2.24) is 0 Å². The van der Waals surface area contributed by atoms with Crippen LogP contribution in [0.4, 0.5) is 0 Å². The third-order valence-electron chi connectivity index (χ3n) is 5.79. The maximum absolute atomic E-state index is 11.2. The van der Waals surface area contributed by atoms with E-state index in [-0.39, 0.29) is 6.61 Å². The molecule has 1 aliphatic rings. The molecule has 0 saturated carbocycles. The summed E-state index contributed by atoms with van der Waals surface area (Å²) in [4.78, 5) is 0. The Bertz CT molecular complexity index is 919. The second-order valence-electron chi connectivity index (χ2n) is 8.10. The van der Waals surface area contributed by atoms with Gasteiger partial charge in [0.2, 0.25) is 0 Å². The molecule has 0 bridgehead atoms. The van der Waals surface area contributed by atoms with E-state index in [2.05, 4.69) is 0 Å². The van der Waals surface area contributed by atoms with Gasteiger partial charge in [-0.2, -0.15) is 0 Å². The van der Waals surface area contributed by atoms with Gasteiger partial charge in [0.15, 0.2) is 0 Å². The molecule has 2 N–H and O–H groups in total. The molecule has 1 saturated heterocycles. The fourth-order valence-electron chi connectivity index (χ4n) is 4.09. The Morgan fingerprint density at radius 1 is 0.625 bits per heavy atom. The Morgan fingerprint density at radius 3 is 1.59 bits per heavy atom. The van der Waals surface area contributed by atoms with E-state index in [1.54, 1.807) is 0 Å². The van der Waals surface area contributed by atoms with Gasteiger partial charge in [-0.1, -0.05) is 91.0 Å². The molecule has 3 aromatic rings. The van der Waals surface area contributed by atoms with Crippen molar-refractivity contribution in [3.63, 3.8) is 0 Å². The van der Waals surface area contributed by atoms with Gasteiger partial charge in [0.05, 0.1) is 25.9 Å². The Labute approximate surface area is 189 Å². The molecule has 3 aromatic carbocycles. The predicted octanol–water partition coefficient (Wildman–Crippen LogP) is 3.52. The van der Waals surface area contributed by atoms with E-state index in [4.69, 9.17) is 14.2 Å². The Hall–Kier alpha value is -2.54. The zero-order valence-corrected chi connectivity index (χ0v) is 18.0. The normalized spacial score (nSPS) is 25.5. The monoisotopic (exact) mass is 434 g/mol. The molecule has 0 unspecified atom stereocenters. The third kappa shape index (κ3) is 5.82. The molecule has 0 aliphatic carbocycles. The van der Waals surface area contributed by atoms with Gasteiger partial charge in [-0.05, 0) is 16.7 Å². The average molecular weight is 435 g/mol. The van der Waals surface area contributed by atoms with Crippen LogP contribution in [0.5, 0.6) is 0 Å². The summed E-state index contributed by atoms with van der Waals surface area (Å²) in [6.07, 6.45) is -2.73. The third-order valence-corrected chi connectivity index (χ3v) is 5.79. The summed E-state index contributed by atoms with van der Waals surface area (Å²) in [6.45, 7) is 0.458. The maximum atomic E-state index is 11.2. The van der Waals surface area contributed by atoms with Crippen molar-refractivity contribution in [2.75, 3.05) is 6.61 Å². The lowest BCUT2D eigenvalue weighted by molar-refractivity contribution is -0.257. The highest BCUT2D eigenvalue weighted by molar-refractivity contribution is 5.17. The standard InChI is InChI=1S/C27H30O5/c28-17-24-26(30-18-21-12-6-2-7-13-21)27(31-19-22-14-8-3-9-15-22)25(29)23(32-24)16-20-10-4-1-5-11-20/h1-15,23-29H,16-19H2/t23-,24+,25-,26+,27+/m0/s1. The number of aliphatic hydroxyl groups excluding tert-OH is 2. The van der Waals surface area contributed by atoms with E-state index in [1.165, 1.54) is 0 Å². The second kappa shape index (κ2) is 11.4. The van der Waals surface area contributed by atoms with Crippen LogP contribution in [0.25, 0.3) is 0 Å². The fourth-order valence-corrected chi connectivity index (χ4v) is 4.09. The smallest absolute Gasteiger partial charge is 0.115 e. The van der Waals surface area contributed by atoms with Crippen molar-refractivity contribution in [1.29, 1.82) is 0 Å². The average Bonchev–Trinajstić information content (AvgIpc) is 2.85. The number of ether oxygens (including phenoxy) is 3. The van der Waals surface area contributed by atoms with Gasteiger partial charge in [0, 0.05) is 6.42 Å². The quantitative estimate of drug-likeness (QED) is 0.539. The van der Waals surface area contributed by atoms with Crippen LogP contribution in [0.1, 0.15) is 16.7 Å². The van der Waals surface area contributed by atoms with Gasteiger partial charge in [0.1, 0.15) is 24.4 Å². The molecule has 5 atom stereocenters. The number of hydrogen-bond acceptors (Lipinski definition) is 5. The first kappa shape index (κ1) is 22.6. The van der Waals surface area contributed by atoms with Crippen LogP contribution in [0.15, 0.2) is 91.0 Å². The second-order valence-corrected chi connectivity index (χ2v) is 8.10. The summed E-state index contributed by atoms with van der Waals surface area (Å²) in [7, 11) is 0. The lowest BCUT2D eigenvalue weighted by atomic mass is 9.91. The molecule has 5 heteroatoms. The molecule has 1 heterocycles. The molecule has 1 aliphatic heterocycles. The van der Waals surface area contributed by atoms with Crippen LogP contribution in [-0.4, -0.2) is 47.3 Å². The van der Waals surface area contributed by atoms with Crippen LogP contribution in [0.3, 0.4) is 0 Å². The topological polar surface area (TPSA) is 68.2 Å². The van der Waals surface area contributed by atoms with Crippen molar-refractivity contribution >= 4 is 0 Å². The first-order valence-electron chi connectivity index (χ1n) is 11.0.